The molecule has 0 saturated carbocycles. The molecule has 0 aliphatic carbocycles. The third-order valence-electron chi connectivity index (χ3n) is 3.10. The van der Waals surface area contributed by atoms with Crippen molar-refractivity contribution in [2.45, 2.75) is 24.8 Å². The molecule has 1 fully saturated rings. The van der Waals surface area contributed by atoms with Gasteiger partial charge in [-0.15, -0.1) is 0 Å². The molecule has 20 heavy (non-hydrogen) atoms. The molecule has 2 N–H and O–H groups in total. The predicted octanol–water partition coefficient (Wildman–Crippen LogP) is 0.973. The van der Waals surface area contributed by atoms with Crippen LogP contribution in [-0.4, -0.2) is 66.3 Å². The van der Waals surface area contributed by atoms with E-state index in [0.29, 0.717) is 6.92 Å². The van der Waals surface area contributed by atoms with E-state index in [2.05, 4.69) is 0 Å². The fourth-order valence-corrected chi connectivity index (χ4v) is 1.81. The SMILES string of the molecule is CC(N)(C(=O)N1CCN(CC(F)(F)F)CC1)C(F)(F)F. The number of hydrogen-bond donors (Lipinski definition) is 1. The Morgan fingerprint density at radius 3 is 1.85 bits per heavy atom. The Bertz CT molecular complexity index is 357. The summed E-state index contributed by atoms with van der Waals surface area (Å²) < 4.78 is 74.3. The first kappa shape index (κ1) is 17.0. The third kappa shape index (κ3) is 3.98. The summed E-state index contributed by atoms with van der Waals surface area (Å²) in [7, 11) is 0. The molecule has 1 rings (SSSR count). The van der Waals surface area contributed by atoms with Gasteiger partial charge >= 0.3 is 12.4 Å². The van der Waals surface area contributed by atoms with Crippen LogP contribution in [0.4, 0.5) is 26.3 Å². The maximum Gasteiger partial charge on any atom is 0.415 e. The van der Waals surface area contributed by atoms with E-state index in [-0.39, 0.29) is 26.2 Å². The van der Waals surface area contributed by atoms with Crippen molar-refractivity contribution in [1.82, 2.24) is 9.80 Å². The largest absolute Gasteiger partial charge is 0.415 e. The van der Waals surface area contributed by atoms with Gasteiger partial charge in [0.25, 0.3) is 5.91 Å². The average Bonchev–Trinajstić information content (AvgIpc) is 2.25. The molecule has 0 aromatic heterocycles. The van der Waals surface area contributed by atoms with Gasteiger partial charge in [0.05, 0.1) is 6.54 Å². The number of rotatable bonds is 2. The average molecular weight is 307 g/mol. The zero-order valence-corrected chi connectivity index (χ0v) is 10.7. The van der Waals surface area contributed by atoms with Gasteiger partial charge in [-0.25, -0.2) is 0 Å². The van der Waals surface area contributed by atoms with E-state index in [9.17, 15) is 31.1 Å². The van der Waals surface area contributed by atoms with Gasteiger partial charge in [0.1, 0.15) is 0 Å². The fourth-order valence-electron chi connectivity index (χ4n) is 1.81. The highest BCUT2D eigenvalue weighted by molar-refractivity contribution is 5.86. The molecule has 1 saturated heterocycles. The maximum atomic E-state index is 12.6. The van der Waals surface area contributed by atoms with Crippen LogP contribution in [0.3, 0.4) is 0 Å². The number of halogens is 6. The van der Waals surface area contributed by atoms with Gasteiger partial charge in [-0.1, -0.05) is 0 Å². The van der Waals surface area contributed by atoms with Gasteiger partial charge in [-0.2, -0.15) is 26.3 Å². The van der Waals surface area contributed by atoms with E-state index in [1.165, 1.54) is 0 Å². The molecule has 1 atom stereocenters. The molecule has 4 nitrogen and oxygen atoms in total. The molecule has 0 radical (unpaired) electrons. The number of amides is 1. The van der Waals surface area contributed by atoms with Crippen LogP contribution < -0.4 is 5.73 Å². The molecular formula is C10H15F6N3O. The highest BCUT2D eigenvalue weighted by atomic mass is 19.4. The topological polar surface area (TPSA) is 49.6 Å². The molecule has 1 heterocycles. The first-order valence-corrected chi connectivity index (χ1v) is 5.78. The summed E-state index contributed by atoms with van der Waals surface area (Å²) in [6.45, 7) is -1.29. The van der Waals surface area contributed by atoms with Crippen molar-refractivity contribution < 1.29 is 31.1 Å². The summed E-state index contributed by atoms with van der Waals surface area (Å²) in [6, 6.07) is 0. The number of piperazine rings is 1. The Balaban J connectivity index is 2.60. The number of alkyl halides is 6. The van der Waals surface area contributed by atoms with E-state index < -0.39 is 30.3 Å². The highest BCUT2D eigenvalue weighted by Crippen LogP contribution is 2.30. The Hall–Kier alpha value is -1.03. The highest BCUT2D eigenvalue weighted by Gasteiger charge is 2.55. The number of hydrogen-bond acceptors (Lipinski definition) is 3. The second kappa shape index (κ2) is 5.40. The fraction of sp³-hybridized carbons (Fsp3) is 0.900. The maximum absolute atomic E-state index is 12.6. The molecular weight excluding hydrogens is 292 g/mol. The lowest BCUT2D eigenvalue weighted by atomic mass is 10.0. The van der Waals surface area contributed by atoms with Crippen molar-refractivity contribution >= 4 is 5.91 Å². The molecule has 0 aromatic rings. The summed E-state index contributed by atoms with van der Waals surface area (Å²) >= 11 is 0. The summed E-state index contributed by atoms with van der Waals surface area (Å²) in [6.07, 6.45) is -9.28. The van der Waals surface area contributed by atoms with Crippen LogP contribution in [0.2, 0.25) is 0 Å². The van der Waals surface area contributed by atoms with Crippen LogP contribution in [0.25, 0.3) is 0 Å². The smallest absolute Gasteiger partial charge is 0.338 e. The third-order valence-corrected chi connectivity index (χ3v) is 3.10. The molecule has 1 unspecified atom stereocenters. The summed E-state index contributed by atoms with van der Waals surface area (Å²) in [5.41, 5.74) is 1.97. The molecule has 0 spiro atoms. The Labute approximate surface area is 111 Å². The van der Waals surface area contributed by atoms with Gasteiger partial charge < -0.3 is 10.6 Å². The van der Waals surface area contributed by atoms with E-state index in [4.69, 9.17) is 5.73 Å². The second-order valence-corrected chi connectivity index (χ2v) is 4.88. The first-order chi connectivity index (χ1) is 8.84. The molecule has 0 aromatic carbocycles. The first-order valence-electron chi connectivity index (χ1n) is 5.78. The molecule has 10 heteroatoms. The Kier molecular flexibility index (Phi) is 4.59. The van der Waals surface area contributed by atoms with Crippen LogP contribution >= 0.6 is 0 Å². The summed E-state index contributed by atoms with van der Waals surface area (Å²) in [5.74, 6) is -1.32. The van der Waals surface area contributed by atoms with Gasteiger partial charge in [0, 0.05) is 26.2 Å². The molecule has 1 aliphatic rings. The number of nitrogens with zero attached hydrogens (tertiary/aromatic N) is 2. The van der Waals surface area contributed by atoms with Crippen LogP contribution in [-0.2, 0) is 4.79 Å². The van der Waals surface area contributed by atoms with Crippen molar-refractivity contribution in [3.63, 3.8) is 0 Å². The summed E-state index contributed by atoms with van der Waals surface area (Å²) in [4.78, 5) is 13.6. The van der Waals surface area contributed by atoms with Crippen LogP contribution in [0, 0.1) is 0 Å². The standard InChI is InChI=1S/C10H15F6N3O/c1-8(17,10(14,15)16)7(20)19-4-2-18(3-5-19)6-9(11,12)13/h2-6,17H2,1H3. The van der Waals surface area contributed by atoms with Crippen molar-refractivity contribution in [2.75, 3.05) is 32.7 Å². The number of carbonyl (C=O) groups excluding carboxylic acids is 1. The quantitative estimate of drug-likeness (QED) is 0.774. The minimum atomic E-state index is -4.91. The molecule has 1 aliphatic heterocycles. The van der Waals surface area contributed by atoms with Crippen molar-refractivity contribution in [1.29, 1.82) is 0 Å². The molecule has 0 bridgehead atoms. The Morgan fingerprint density at radius 2 is 1.50 bits per heavy atom. The van der Waals surface area contributed by atoms with E-state index in [1.54, 1.807) is 0 Å². The molecule has 1 amide bonds. The van der Waals surface area contributed by atoms with Gasteiger partial charge in [-0.3, -0.25) is 9.69 Å². The Morgan fingerprint density at radius 1 is 1.05 bits per heavy atom. The van der Waals surface area contributed by atoms with Crippen molar-refractivity contribution in [3.8, 4) is 0 Å². The number of carbonyl (C=O) groups is 1. The van der Waals surface area contributed by atoms with Crippen LogP contribution in [0.5, 0.6) is 0 Å². The molecule has 118 valence electrons. The summed E-state index contributed by atoms with van der Waals surface area (Å²) in [5, 5.41) is 0. The van der Waals surface area contributed by atoms with Crippen molar-refractivity contribution in [2.24, 2.45) is 5.73 Å². The zero-order valence-electron chi connectivity index (χ0n) is 10.7. The normalized spacial score (nSPS) is 21.7. The lowest BCUT2D eigenvalue weighted by Crippen LogP contribution is -2.64. The van der Waals surface area contributed by atoms with E-state index in [0.717, 1.165) is 9.80 Å². The monoisotopic (exact) mass is 307 g/mol. The van der Waals surface area contributed by atoms with E-state index >= 15 is 0 Å². The van der Waals surface area contributed by atoms with Crippen molar-refractivity contribution in [3.05, 3.63) is 0 Å². The zero-order chi connectivity index (χ0) is 15.8. The van der Waals surface area contributed by atoms with Crippen LogP contribution in [0.15, 0.2) is 0 Å². The van der Waals surface area contributed by atoms with E-state index in [1.807, 2.05) is 0 Å². The number of nitrogens with two attached hydrogens (primary N) is 1. The lowest BCUT2D eigenvalue weighted by Gasteiger charge is -2.39. The van der Waals surface area contributed by atoms with Gasteiger partial charge in [-0.05, 0) is 6.92 Å². The predicted molar refractivity (Wildman–Crippen MR) is 57.7 cm³/mol. The lowest BCUT2D eigenvalue weighted by molar-refractivity contribution is -0.195. The minimum Gasteiger partial charge on any atom is -0.338 e. The van der Waals surface area contributed by atoms with Gasteiger partial charge in [0.2, 0.25) is 0 Å². The second-order valence-electron chi connectivity index (χ2n) is 4.88. The minimum absolute atomic E-state index is 0.140. The van der Waals surface area contributed by atoms with Crippen LogP contribution in [0.1, 0.15) is 6.92 Å². The van der Waals surface area contributed by atoms with Gasteiger partial charge in [0.15, 0.2) is 5.54 Å².